The minimum atomic E-state index is -1.09. The molecule has 0 spiro atoms. The summed E-state index contributed by atoms with van der Waals surface area (Å²) in [6.07, 6.45) is 6.44. The number of rotatable bonds is 6. The number of hydrogen-bond donors (Lipinski definition) is 1. The molecule has 9 nitrogen and oxygen atoms in total. The van der Waals surface area contributed by atoms with Crippen molar-refractivity contribution in [1.29, 1.82) is 0 Å². The average molecular weight is 469 g/mol. The zero-order chi connectivity index (χ0) is 24.6. The van der Waals surface area contributed by atoms with Crippen molar-refractivity contribution in [3.05, 3.63) is 59.6 Å². The van der Waals surface area contributed by atoms with Crippen LogP contribution in [0.5, 0.6) is 0 Å². The van der Waals surface area contributed by atoms with Crippen LogP contribution in [0.3, 0.4) is 0 Å². The highest BCUT2D eigenvalue weighted by Gasteiger charge is 2.30. The normalized spacial score (nSPS) is 19.6. The van der Waals surface area contributed by atoms with Crippen molar-refractivity contribution in [2.75, 3.05) is 14.2 Å². The summed E-state index contributed by atoms with van der Waals surface area (Å²) in [6.45, 7) is 5.39. The minimum absolute atomic E-state index is 0.0807. The molecule has 3 aromatic rings. The molecule has 1 aliphatic rings. The van der Waals surface area contributed by atoms with Crippen LogP contribution in [0.1, 0.15) is 20.8 Å². The van der Waals surface area contributed by atoms with E-state index in [9.17, 15) is 5.11 Å². The lowest BCUT2D eigenvalue weighted by atomic mass is 9.94. The van der Waals surface area contributed by atoms with Gasteiger partial charge in [-0.3, -0.25) is 9.67 Å². The highest BCUT2D eigenvalue weighted by Crippen LogP contribution is 2.33. The van der Waals surface area contributed by atoms with Gasteiger partial charge < -0.3 is 19.1 Å². The van der Waals surface area contributed by atoms with E-state index in [0.29, 0.717) is 22.3 Å². The third kappa shape index (κ3) is 4.64. The first kappa shape index (κ1) is 23.8. The van der Waals surface area contributed by atoms with Gasteiger partial charge in [0.05, 0.1) is 49.1 Å². The Kier molecular flexibility index (Phi) is 6.37. The third-order valence-electron chi connectivity index (χ3n) is 5.66. The third-order valence-corrected chi connectivity index (χ3v) is 5.66. The van der Waals surface area contributed by atoms with E-state index in [1.165, 1.54) is 7.11 Å². The van der Waals surface area contributed by atoms with Crippen LogP contribution < -0.4 is 5.49 Å². The molecule has 10 heteroatoms. The standard InChI is InChI=1S/C24H29FN6O3/c1-14-18(33-5)9-19(34-6)21(25)22(14)29-20-8-7-16-23(31(20)13-24(2,3)32)28-17(11-26-16)15-10-27-30(4)12-15/h7-12,14,18,32H,13H2,1-6H3. The molecule has 4 rings (SSSR count). The second-order valence-corrected chi connectivity index (χ2v) is 8.99. The van der Waals surface area contributed by atoms with Crippen LogP contribution in [0.25, 0.3) is 22.4 Å². The number of nitrogens with zero attached hydrogens (tertiary/aromatic N) is 6. The lowest BCUT2D eigenvalue weighted by Gasteiger charge is -2.26. The summed E-state index contributed by atoms with van der Waals surface area (Å²) in [5.41, 5.74) is 2.11. The summed E-state index contributed by atoms with van der Waals surface area (Å²) < 4.78 is 29.4. The Morgan fingerprint density at radius 3 is 2.62 bits per heavy atom. The van der Waals surface area contributed by atoms with Gasteiger partial charge in [-0.15, -0.1) is 0 Å². The number of pyridine rings is 1. The molecule has 3 heterocycles. The molecule has 0 radical (unpaired) electrons. The van der Waals surface area contributed by atoms with E-state index in [2.05, 4.69) is 15.1 Å². The van der Waals surface area contributed by atoms with Gasteiger partial charge in [0.2, 0.25) is 0 Å². The first-order valence-electron chi connectivity index (χ1n) is 10.9. The number of hydrogen-bond acceptors (Lipinski definition) is 7. The van der Waals surface area contributed by atoms with Gasteiger partial charge in [-0.1, -0.05) is 6.92 Å². The van der Waals surface area contributed by atoms with E-state index < -0.39 is 17.5 Å². The van der Waals surface area contributed by atoms with Crippen LogP contribution in [-0.2, 0) is 23.1 Å². The first-order chi connectivity index (χ1) is 16.1. The number of allylic oxidation sites excluding steroid dienone is 1. The molecule has 34 heavy (non-hydrogen) atoms. The Morgan fingerprint density at radius 1 is 1.24 bits per heavy atom. The predicted octanol–water partition coefficient (Wildman–Crippen LogP) is 2.88. The van der Waals surface area contributed by atoms with Crippen LogP contribution in [-0.4, -0.2) is 55.3 Å². The highest BCUT2D eigenvalue weighted by atomic mass is 19.1. The van der Waals surface area contributed by atoms with Crippen molar-refractivity contribution in [3.8, 4) is 11.3 Å². The number of ether oxygens (including phenoxy) is 2. The van der Waals surface area contributed by atoms with Gasteiger partial charge in [0.1, 0.15) is 11.0 Å². The lowest BCUT2D eigenvalue weighted by molar-refractivity contribution is 0.0613. The molecule has 2 atom stereocenters. The molecule has 0 saturated carbocycles. The van der Waals surface area contributed by atoms with Crippen molar-refractivity contribution >= 4 is 11.2 Å². The number of methoxy groups -OCH3 is 2. The van der Waals surface area contributed by atoms with E-state index in [0.717, 1.165) is 5.56 Å². The molecular weight excluding hydrogens is 439 g/mol. The SMILES string of the molecule is COC1=CC(OC)C(C)C(N=c2ccc3ncc(-c4cnn(C)c4)nc3n2CC(C)(C)O)=C1F. The summed E-state index contributed by atoms with van der Waals surface area (Å²) in [4.78, 5) is 14.0. The highest BCUT2D eigenvalue weighted by molar-refractivity contribution is 5.73. The fourth-order valence-corrected chi connectivity index (χ4v) is 3.94. The molecule has 2 unspecified atom stereocenters. The van der Waals surface area contributed by atoms with Crippen LogP contribution in [0, 0.1) is 5.92 Å². The van der Waals surface area contributed by atoms with Gasteiger partial charge >= 0.3 is 0 Å². The second kappa shape index (κ2) is 9.11. The van der Waals surface area contributed by atoms with Gasteiger partial charge in [0.15, 0.2) is 17.2 Å². The largest absolute Gasteiger partial charge is 0.494 e. The minimum Gasteiger partial charge on any atom is -0.494 e. The van der Waals surface area contributed by atoms with Gasteiger partial charge in [-0.2, -0.15) is 5.10 Å². The topological polar surface area (TPSA) is 99.6 Å². The fourth-order valence-electron chi connectivity index (χ4n) is 3.94. The average Bonchev–Trinajstić information content (AvgIpc) is 3.23. The van der Waals surface area contributed by atoms with E-state index in [1.54, 1.807) is 60.8 Å². The summed E-state index contributed by atoms with van der Waals surface area (Å²) >= 11 is 0. The van der Waals surface area contributed by atoms with Gasteiger partial charge in [-0.05, 0) is 32.1 Å². The number of fused-ring (bicyclic) bond motifs is 1. The molecule has 0 bridgehead atoms. The van der Waals surface area contributed by atoms with Gasteiger partial charge in [0.25, 0.3) is 0 Å². The zero-order valence-corrected chi connectivity index (χ0v) is 20.2. The van der Waals surface area contributed by atoms with E-state index in [-0.39, 0.29) is 23.9 Å². The summed E-state index contributed by atoms with van der Waals surface area (Å²) in [7, 11) is 4.80. The molecule has 0 aromatic carbocycles. The molecule has 1 aliphatic carbocycles. The summed E-state index contributed by atoms with van der Waals surface area (Å²) in [5.74, 6) is -0.825. The second-order valence-electron chi connectivity index (χ2n) is 8.99. The van der Waals surface area contributed by atoms with Crippen molar-refractivity contribution in [3.63, 3.8) is 0 Å². The molecule has 0 aliphatic heterocycles. The zero-order valence-electron chi connectivity index (χ0n) is 20.2. The molecule has 0 fully saturated rings. The maximum Gasteiger partial charge on any atom is 0.186 e. The number of aliphatic hydroxyl groups is 1. The Balaban J connectivity index is 1.97. The molecular formula is C24H29FN6O3. The van der Waals surface area contributed by atoms with Crippen molar-refractivity contribution in [1.82, 2.24) is 24.3 Å². The predicted molar refractivity (Wildman–Crippen MR) is 125 cm³/mol. The molecule has 0 amide bonds. The number of aromatic nitrogens is 5. The maximum atomic E-state index is 15.3. The Labute approximate surface area is 196 Å². The van der Waals surface area contributed by atoms with E-state index in [1.807, 2.05) is 20.2 Å². The lowest BCUT2D eigenvalue weighted by Crippen LogP contribution is -2.34. The van der Waals surface area contributed by atoms with Crippen molar-refractivity contribution in [2.45, 2.75) is 39.0 Å². The quantitative estimate of drug-likeness (QED) is 0.597. The van der Waals surface area contributed by atoms with E-state index in [4.69, 9.17) is 14.5 Å². The van der Waals surface area contributed by atoms with Crippen molar-refractivity contribution in [2.24, 2.45) is 18.0 Å². The maximum absolute atomic E-state index is 15.3. The first-order valence-corrected chi connectivity index (χ1v) is 10.9. The monoisotopic (exact) mass is 468 g/mol. The summed E-state index contributed by atoms with van der Waals surface area (Å²) in [5, 5.41) is 14.9. The molecule has 0 saturated heterocycles. The van der Waals surface area contributed by atoms with Gasteiger partial charge in [-0.25, -0.2) is 14.4 Å². The Bertz CT molecular complexity index is 1350. The molecule has 3 aromatic heterocycles. The van der Waals surface area contributed by atoms with E-state index >= 15 is 4.39 Å². The van der Waals surface area contributed by atoms with Crippen LogP contribution in [0.2, 0.25) is 0 Å². The van der Waals surface area contributed by atoms with Crippen LogP contribution in [0.15, 0.2) is 59.1 Å². The van der Waals surface area contributed by atoms with Crippen LogP contribution >= 0.6 is 0 Å². The van der Waals surface area contributed by atoms with Crippen LogP contribution in [0.4, 0.5) is 4.39 Å². The number of halogens is 1. The van der Waals surface area contributed by atoms with Crippen molar-refractivity contribution < 1.29 is 19.0 Å². The summed E-state index contributed by atoms with van der Waals surface area (Å²) in [6, 6.07) is 3.52. The van der Waals surface area contributed by atoms with Gasteiger partial charge in [0, 0.05) is 31.8 Å². The smallest absolute Gasteiger partial charge is 0.186 e. The molecule has 180 valence electrons. The molecule has 1 N–H and O–H groups in total. The fraction of sp³-hybridized carbons (Fsp3) is 0.417. The Morgan fingerprint density at radius 2 is 2.00 bits per heavy atom. The Hall–Kier alpha value is -3.37. The number of aryl methyl sites for hydroxylation is 1.